The molecule has 1 aliphatic carbocycles. The Kier molecular flexibility index (Phi) is 11.2. The van der Waals surface area contributed by atoms with Crippen LogP contribution < -0.4 is 4.74 Å². The molecule has 0 spiro atoms. The van der Waals surface area contributed by atoms with Crippen molar-refractivity contribution in [3.8, 4) is 23.0 Å². The largest absolute Gasteiger partial charge is 0.507 e. The van der Waals surface area contributed by atoms with E-state index in [-0.39, 0.29) is 65.2 Å². The second kappa shape index (κ2) is 16.1. The predicted molar refractivity (Wildman–Crippen MR) is 216 cm³/mol. The molecule has 0 saturated heterocycles. The maximum atomic E-state index is 12.7. The van der Waals surface area contributed by atoms with E-state index in [9.17, 15) is 41.3 Å². The van der Waals surface area contributed by atoms with Crippen molar-refractivity contribution in [3.05, 3.63) is 176 Å². The SMILES string of the molecule is COc1c2cc(CCc3ccccc3)cc1Cc1cc(S(=O)(=O)O)cc(c1O)Cc1cc(CCc3ccccc3)cc(c1O)Cc1cc(S(=O)(=O)O)cc(c1O)C2. The van der Waals surface area contributed by atoms with Gasteiger partial charge in [0.2, 0.25) is 0 Å². The van der Waals surface area contributed by atoms with Gasteiger partial charge in [-0.05, 0) is 94.5 Å². The van der Waals surface area contributed by atoms with Gasteiger partial charge in [-0.1, -0.05) is 84.9 Å². The van der Waals surface area contributed by atoms with Crippen molar-refractivity contribution in [3.63, 3.8) is 0 Å². The fraction of sp³-hybridized carbons (Fsp3) is 0.200. The first-order valence-electron chi connectivity index (χ1n) is 18.4. The highest BCUT2D eigenvalue weighted by molar-refractivity contribution is 7.86. The molecule has 0 atom stereocenters. The first kappa shape index (κ1) is 39.6. The Hall–Kier alpha value is -5.66. The molecule has 7 rings (SSSR count). The van der Waals surface area contributed by atoms with E-state index in [0.29, 0.717) is 53.7 Å². The maximum Gasteiger partial charge on any atom is 0.294 e. The molecule has 0 saturated carbocycles. The number of aromatic hydroxyl groups is 3. The molecule has 1 aliphatic rings. The molecule has 6 aromatic carbocycles. The minimum absolute atomic E-state index is 0.0474. The van der Waals surface area contributed by atoms with Crippen LogP contribution in [0.2, 0.25) is 0 Å². The summed E-state index contributed by atoms with van der Waals surface area (Å²) in [6.07, 6.45) is 2.00. The summed E-state index contributed by atoms with van der Waals surface area (Å²) in [4.78, 5) is -0.855. The highest BCUT2D eigenvalue weighted by atomic mass is 32.2. The number of ether oxygens (including phenoxy) is 1. The molecule has 0 aromatic heterocycles. The van der Waals surface area contributed by atoms with E-state index in [1.807, 2.05) is 72.8 Å². The monoisotopic (exact) mass is 806 g/mol. The van der Waals surface area contributed by atoms with Gasteiger partial charge in [0, 0.05) is 47.9 Å². The topological polar surface area (TPSA) is 179 Å². The van der Waals surface area contributed by atoms with Crippen molar-refractivity contribution < 1.29 is 46.0 Å². The number of hydrogen-bond acceptors (Lipinski definition) is 8. The summed E-state index contributed by atoms with van der Waals surface area (Å²) in [6, 6.07) is 31.7. The molecule has 10 nitrogen and oxygen atoms in total. The second-order valence-corrected chi connectivity index (χ2v) is 17.4. The Labute approximate surface area is 332 Å². The molecule has 8 bridgehead atoms. The number of aryl methyl sites for hydroxylation is 4. The van der Waals surface area contributed by atoms with E-state index in [2.05, 4.69) is 0 Å². The fourth-order valence-corrected chi connectivity index (χ4v) is 8.89. The Morgan fingerprint density at radius 1 is 0.439 bits per heavy atom. The number of hydrogen-bond donors (Lipinski definition) is 5. The minimum atomic E-state index is -4.75. The Balaban J connectivity index is 1.46. The van der Waals surface area contributed by atoms with Gasteiger partial charge in [-0.3, -0.25) is 9.11 Å². The zero-order valence-corrected chi connectivity index (χ0v) is 32.8. The van der Waals surface area contributed by atoms with Gasteiger partial charge in [-0.15, -0.1) is 0 Å². The molecule has 0 heterocycles. The van der Waals surface area contributed by atoms with Crippen LogP contribution in [0.5, 0.6) is 23.0 Å². The lowest BCUT2D eigenvalue weighted by molar-refractivity contribution is 0.405. The average Bonchev–Trinajstić information content (AvgIpc) is 3.17. The highest BCUT2D eigenvalue weighted by Crippen LogP contribution is 2.40. The number of methoxy groups -OCH3 is 1. The van der Waals surface area contributed by atoms with Gasteiger partial charge in [0.1, 0.15) is 23.0 Å². The third-order valence-corrected chi connectivity index (χ3v) is 12.2. The van der Waals surface area contributed by atoms with Gasteiger partial charge >= 0.3 is 0 Å². The van der Waals surface area contributed by atoms with Crippen LogP contribution in [0.15, 0.2) is 119 Å². The van der Waals surface area contributed by atoms with Crippen molar-refractivity contribution in [1.29, 1.82) is 0 Å². The summed E-state index contributed by atoms with van der Waals surface area (Å²) in [5.74, 6) is -0.294. The molecule has 6 aromatic rings. The van der Waals surface area contributed by atoms with Gasteiger partial charge in [-0.25, -0.2) is 0 Å². The summed E-state index contributed by atoms with van der Waals surface area (Å²) in [5.41, 5.74) is 6.16. The van der Waals surface area contributed by atoms with Crippen LogP contribution in [-0.2, 0) is 71.6 Å². The highest BCUT2D eigenvalue weighted by Gasteiger charge is 2.25. The third-order valence-electron chi connectivity index (χ3n) is 10.5. The normalized spacial score (nSPS) is 13.0. The Morgan fingerprint density at radius 3 is 1.04 bits per heavy atom. The van der Waals surface area contributed by atoms with E-state index in [4.69, 9.17) is 4.74 Å². The number of phenolic OH excluding ortho intramolecular Hbond substituents is 3. The van der Waals surface area contributed by atoms with E-state index in [1.54, 1.807) is 12.1 Å². The molecule has 0 radical (unpaired) electrons. The molecule has 0 aliphatic heterocycles. The maximum absolute atomic E-state index is 12.7. The van der Waals surface area contributed by atoms with Gasteiger partial charge in [0.05, 0.1) is 16.9 Å². The average molecular weight is 807 g/mol. The number of phenols is 3. The summed E-state index contributed by atoms with van der Waals surface area (Å²) < 4.78 is 77.2. The molecule has 0 fully saturated rings. The van der Waals surface area contributed by atoms with Crippen molar-refractivity contribution in [2.24, 2.45) is 0 Å². The van der Waals surface area contributed by atoms with E-state index in [0.717, 1.165) is 22.3 Å². The van der Waals surface area contributed by atoms with Crippen LogP contribution in [0.3, 0.4) is 0 Å². The molecule has 0 amide bonds. The van der Waals surface area contributed by atoms with E-state index in [1.165, 1.54) is 31.4 Å². The van der Waals surface area contributed by atoms with Crippen molar-refractivity contribution in [2.75, 3.05) is 7.11 Å². The molecule has 0 unspecified atom stereocenters. The first-order chi connectivity index (χ1) is 27.2. The number of fused-ring (bicyclic) bond motifs is 8. The zero-order valence-electron chi connectivity index (χ0n) is 31.1. The standard InChI is InChI=1S/C45H42O10S2/c1-55-45-38-18-31(15-13-29-10-6-3-7-11-29)19-39(45)23-37-27-41(57(52,53)54)25-35(44(37)48)21-33-17-30(14-12-28-8-4-2-5-9-28)16-32(42(33)46)20-34-24-40(56(49,50)51)26-36(22-38)43(34)47/h2-11,16-19,24-27,46-48H,12-15,20-23H2,1H3,(H,49,50,51)(H,52,53,54). The van der Waals surface area contributed by atoms with E-state index >= 15 is 0 Å². The number of benzene rings is 6. The van der Waals surface area contributed by atoms with Crippen LogP contribution in [0, 0.1) is 0 Å². The van der Waals surface area contributed by atoms with Crippen molar-refractivity contribution >= 4 is 20.2 Å². The minimum Gasteiger partial charge on any atom is -0.507 e. The number of rotatable bonds is 9. The van der Waals surface area contributed by atoms with Crippen LogP contribution in [0.25, 0.3) is 0 Å². The Bertz CT molecular complexity index is 2560. The fourth-order valence-electron chi connectivity index (χ4n) is 7.72. The van der Waals surface area contributed by atoms with Crippen molar-refractivity contribution in [2.45, 2.75) is 61.2 Å². The lowest BCUT2D eigenvalue weighted by Crippen LogP contribution is -2.08. The van der Waals surface area contributed by atoms with Crippen LogP contribution in [-0.4, -0.2) is 48.4 Å². The summed E-state index contributed by atoms with van der Waals surface area (Å²) >= 11 is 0. The van der Waals surface area contributed by atoms with Gasteiger partial charge in [-0.2, -0.15) is 16.8 Å². The van der Waals surface area contributed by atoms with Gasteiger partial charge in [0.25, 0.3) is 20.2 Å². The summed E-state index contributed by atoms with van der Waals surface area (Å²) in [6.45, 7) is 0. The summed E-state index contributed by atoms with van der Waals surface area (Å²) in [7, 11) is -8.04. The lowest BCUT2D eigenvalue weighted by Gasteiger charge is -2.21. The molecular weight excluding hydrogens is 765 g/mol. The van der Waals surface area contributed by atoms with Crippen LogP contribution >= 0.6 is 0 Å². The van der Waals surface area contributed by atoms with Gasteiger partial charge in [0.15, 0.2) is 0 Å². The molecule has 12 heteroatoms. The van der Waals surface area contributed by atoms with Crippen molar-refractivity contribution in [1.82, 2.24) is 0 Å². The first-order valence-corrected chi connectivity index (χ1v) is 21.3. The quantitative estimate of drug-likeness (QED) is 0.0915. The third kappa shape index (κ3) is 9.00. The van der Waals surface area contributed by atoms with Gasteiger partial charge < -0.3 is 20.1 Å². The van der Waals surface area contributed by atoms with Crippen LogP contribution in [0.1, 0.15) is 66.8 Å². The Morgan fingerprint density at radius 2 is 0.719 bits per heavy atom. The smallest absolute Gasteiger partial charge is 0.294 e. The lowest BCUT2D eigenvalue weighted by atomic mass is 9.88. The predicted octanol–water partition coefficient (Wildman–Crippen LogP) is 7.55. The van der Waals surface area contributed by atoms with Crippen LogP contribution in [0.4, 0.5) is 0 Å². The second-order valence-electron chi connectivity index (χ2n) is 14.5. The van der Waals surface area contributed by atoms with E-state index < -0.39 is 30.0 Å². The summed E-state index contributed by atoms with van der Waals surface area (Å²) in [5, 5.41) is 35.5. The molecule has 5 N–H and O–H groups in total. The molecule has 57 heavy (non-hydrogen) atoms. The molecular formula is C45H42O10S2. The zero-order chi connectivity index (χ0) is 40.5. The molecule has 294 valence electrons.